The molecule has 0 aromatic heterocycles. The van der Waals surface area contributed by atoms with Gasteiger partial charge in [0.15, 0.2) is 0 Å². The van der Waals surface area contributed by atoms with Gasteiger partial charge in [-0.15, -0.1) is 0 Å². The lowest BCUT2D eigenvalue weighted by molar-refractivity contribution is -0.134. The fraction of sp³-hybridized carbons (Fsp3) is 0.500. The van der Waals surface area contributed by atoms with E-state index in [1.807, 2.05) is 0 Å². The number of carboxylic acids is 1. The fourth-order valence-electron chi connectivity index (χ4n) is 0.176. The van der Waals surface area contributed by atoms with Crippen molar-refractivity contribution in [3.63, 3.8) is 0 Å². The Morgan fingerprint density at radius 1 is 1.50 bits per heavy atom. The van der Waals surface area contributed by atoms with Gasteiger partial charge in [0, 0.05) is 0 Å². The van der Waals surface area contributed by atoms with Crippen LogP contribution in [0, 0.1) is 0 Å². The third-order valence-corrected chi connectivity index (χ3v) is 1.02. The van der Waals surface area contributed by atoms with Gasteiger partial charge in [-0.3, -0.25) is 9.36 Å². The van der Waals surface area contributed by atoms with Crippen molar-refractivity contribution in [2.45, 2.75) is 0 Å². The van der Waals surface area contributed by atoms with Crippen LogP contribution < -0.4 is 0 Å². The second-order valence-corrected chi connectivity index (χ2v) is 2.86. The van der Waals surface area contributed by atoms with Crippen LogP contribution >= 0.6 is 7.60 Å². The van der Waals surface area contributed by atoms with E-state index in [0.717, 1.165) is 0 Å². The van der Waals surface area contributed by atoms with Crippen LogP contribution in [-0.4, -0.2) is 27.0 Å². The number of rotatable bonds is 2. The Labute approximate surface area is 45.1 Å². The first-order valence-corrected chi connectivity index (χ1v) is 3.48. The van der Waals surface area contributed by atoms with Gasteiger partial charge in [0.05, 0.1) is 0 Å². The predicted molar refractivity (Wildman–Crippen MR) is 24.5 cm³/mol. The Kier molecular flexibility index (Phi) is 2.15. The van der Waals surface area contributed by atoms with Crippen LogP contribution in [0.2, 0.25) is 0 Å². The van der Waals surface area contributed by atoms with E-state index in [4.69, 9.17) is 14.9 Å². The van der Waals surface area contributed by atoms with E-state index in [1.165, 1.54) is 0 Å². The Bertz CT molecular complexity index is 133. The quantitative estimate of drug-likeness (QED) is 0.347. The maximum Gasteiger partial charge on any atom is 0.336 e. The molecule has 0 spiro atoms. The molecule has 0 aromatic rings. The monoisotopic (exact) mass is 141 g/mol. The van der Waals surface area contributed by atoms with Gasteiger partial charge < -0.3 is 14.9 Å². The standard InChI is InChI=1S/C2H5O5P/c3-2(4)1-8(5,6)7/h1H2,(H,3,4)(H2,5,6,7)/i1+1. The molecule has 3 N–H and O–H groups in total. The zero-order valence-corrected chi connectivity index (χ0v) is 4.71. The molecule has 0 saturated carbocycles. The molecular formula is C2H5O5P. The fourth-order valence-corrected chi connectivity index (χ4v) is 0.529. The summed E-state index contributed by atoms with van der Waals surface area (Å²) in [5.74, 6) is -1.49. The third-order valence-electron chi connectivity index (χ3n) is 0.341. The summed E-state index contributed by atoms with van der Waals surface area (Å²) in [5, 5.41) is 7.76. The van der Waals surface area contributed by atoms with Crippen molar-refractivity contribution in [3.8, 4) is 0 Å². The average Bonchev–Trinajstić information content (AvgIpc) is 1.21. The van der Waals surface area contributed by atoms with Crippen molar-refractivity contribution in [1.29, 1.82) is 0 Å². The molecular weight excluding hydrogens is 136 g/mol. The lowest BCUT2D eigenvalue weighted by Crippen LogP contribution is -2.01. The van der Waals surface area contributed by atoms with Crippen molar-refractivity contribution in [1.82, 2.24) is 0 Å². The maximum absolute atomic E-state index is 9.76. The van der Waals surface area contributed by atoms with Gasteiger partial charge in [-0.2, -0.15) is 0 Å². The SMILES string of the molecule is O=C(O)[13CH2]P(=O)(O)O. The molecule has 0 bridgehead atoms. The van der Waals surface area contributed by atoms with E-state index in [0.29, 0.717) is 0 Å². The van der Waals surface area contributed by atoms with Crippen LogP contribution in [0.15, 0.2) is 0 Å². The van der Waals surface area contributed by atoms with E-state index in [-0.39, 0.29) is 0 Å². The van der Waals surface area contributed by atoms with Gasteiger partial charge in [-0.05, 0) is 0 Å². The van der Waals surface area contributed by atoms with Gasteiger partial charge in [0.25, 0.3) is 0 Å². The Hall–Kier alpha value is -0.380. The van der Waals surface area contributed by atoms with E-state index < -0.39 is 19.7 Å². The third kappa shape index (κ3) is 5.62. The molecule has 0 aliphatic heterocycles. The van der Waals surface area contributed by atoms with Crippen LogP contribution in [0.4, 0.5) is 0 Å². The van der Waals surface area contributed by atoms with Gasteiger partial charge >= 0.3 is 13.6 Å². The number of hydrogen-bond acceptors (Lipinski definition) is 2. The Morgan fingerprint density at radius 3 is 1.88 bits per heavy atom. The molecule has 8 heavy (non-hydrogen) atoms. The number of hydrogen-bond donors (Lipinski definition) is 3. The maximum atomic E-state index is 9.76. The Morgan fingerprint density at radius 2 is 1.88 bits per heavy atom. The van der Waals surface area contributed by atoms with E-state index in [9.17, 15) is 9.36 Å². The van der Waals surface area contributed by atoms with Crippen molar-refractivity contribution < 1.29 is 24.3 Å². The van der Waals surface area contributed by atoms with Crippen LogP contribution in [0.3, 0.4) is 0 Å². The van der Waals surface area contributed by atoms with Gasteiger partial charge in [0.2, 0.25) is 0 Å². The summed E-state index contributed by atoms with van der Waals surface area (Å²) in [4.78, 5) is 25.4. The summed E-state index contributed by atoms with van der Waals surface area (Å²) in [6.45, 7) is 0. The molecule has 0 amide bonds. The molecule has 0 radical (unpaired) electrons. The highest BCUT2D eigenvalue weighted by atomic mass is 31.2. The average molecular weight is 141 g/mol. The second-order valence-electron chi connectivity index (χ2n) is 1.22. The predicted octanol–water partition coefficient (Wildman–Crippen LogP) is -0.751. The largest absolute Gasteiger partial charge is 0.481 e. The molecule has 0 rings (SSSR count). The molecule has 0 aliphatic carbocycles. The number of aliphatic carboxylic acids is 1. The summed E-state index contributed by atoms with van der Waals surface area (Å²) >= 11 is 0. The molecule has 5 nitrogen and oxygen atoms in total. The van der Waals surface area contributed by atoms with Gasteiger partial charge in [-0.1, -0.05) is 0 Å². The molecule has 48 valence electrons. The smallest absolute Gasteiger partial charge is 0.336 e. The van der Waals surface area contributed by atoms with Crippen molar-refractivity contribution in [2.75, 3.05) is 6.16 Å². The number of carboxylic acid groups (broad SMARTS) is 1. The van der Waals surface area contributed by atoms with E-state index in [1.54, 1.807) is 0 Å². The molecule has 0 heterocycles. The highest BCUT2D eigenvalue weighted by Gasteiger charge is 2.17. The van der Waals surface area contributed by atoms with E-state index >= 15 is 0 Å². The summed E-state index contributed by atoms with van der Waals surface area (Å²) in [5.41, 5.74) is 0. The lowest BCUT2D eigenvalue weighted by Gasteiger charge is -1.95. The van der Waals surface area contributed by atoms with Crippen molar-refractivity contribution in [3.05, 3.63) is 0 Å². The first-order valence-electron chi connectivity index (χ1n) is 1.68. The topological polar surface area (TPSA) is 94.8 Å². The van der Waals surface area contributed by atoms with Gasteiger partial charge in [0.1, 0.15) is 6.16 Å². The minimum atomic E-state index is -4.32. The van der Waals surface area contributed by atoms with Crippen LogP contribution in [0.25, 0.3) is 0 Å². The summed E-state index contributed by atoms with van der Waals surface area (Å²) in [6.07, 6.45) is -1.09. The minimum absolute atomic E-state index is 1.09. The molecule has 0 aliphatic rings. The molecule has 0 saturated heterocycles. The van der Waals surface area contributed by atoms with Crippen LogP contribution in [0.5, 0.6) is 0 Å². The van der Waals surface area contributed by atoms with E-state index in [2.05, 4.69) is 0 Å². The Balaban J connectivity index is 3.74. The normalized spacial score (nSPS) is 11.2. The highest BCUT2D eigenvalue weighted by Crippen LogP contribution is 2.33. The molecule has 0 atom stereocenters. The first-order chi connectivity index (χ1) is 3.42. The highest BCUT2D eigenvalue weighted by molar-refractivity contribution is 7.52. The van der Waals surface area contributed by atoms with Crippen LogP contribution in [-0.2, 0) is 9.36 Å². The molecule has 0 aromatic carbocycles. The molecule has 0 unspecified atom stereocenters. The minimum Gasteiger partial charge on any atom is -0.481 e. The van der Waals surface area contributed by atoms with Crippen molar-refractivity contribution in [2.24, 2.45) is 0 Å². The van der Waals surface area contributed by atoms with Gasteiger partial charge in [-0.25, -0.2) is 0 Å². The second kappa shape index (κ2) is 2.26. The zero-order valence-electron chi connectivity index (χ0n) is 3.81. The van der Waals surface area contributed by atoms with Crippen LogP contribution in [0.1, 0.15) is 0 Å². The lowest BCUT2D eigenvalue weighted by atomic mass is 11.1. The molecule has 0 fully saturated rings. The number of carbonyl (C=O) groups is 1. The van der Waals surface area contributed by atoms with Crippen molar-refractivity contribution >= 4 is 13.6 Å². The summed E-state index contributed by atoms with van der Waals surface area (Å²) in [6, 6.07) is 0. The summed E-state index contributed by atoms with van der Waals surface area (Å²) in [7, 11) is -4.32. The molecule has 6 heteroatoms. The first kappa shape index (κ1) is 7.62. The summed E-state index contributed by atoms with van der Waals surface area (Å²) < 4.78 is 9.76. The zero-order chi connectivity index (χ0) is 6.78.